The van der Waals surface area contributed by atoms with Gasteiger partial charge in [0.05, 0.1) is 23.5 Å². The molecular weight excluding hydrogens is 407 g/mol. The van der Waals surface area contributed by atoms with Crippen molar-refractivity contribution < 1.29 is 14.3 Å². The van der Waals surface area contributed by atoms with Crippen molar-refractivity contribution in [2.75, 3.05) is 12.0 Å². The highest BCUT2D eigenvalue weighted by molar-refractivity contribution is 7.14. The maximum atomic E-state index is 12.3. The van der Waals surface area contributed by atoms with E-state index in [1.54, 1.807) is 31.4 Å². The lowest BCUT2D eigenvalue weighted by molar-refractivity contribution is -0.115. The largest absolute Gasteiger partial charge is 0.495 e. The molecule has 0 saturated carbocycles. The Hall–Kier alpha value is -2.28. The fraction of sp³-hybridized carbons (Fsp3) is 0.158. The number of hydrogen-bond acceptors (Lipinski definition) is 5. The first-order valence-corrected chi connectivity index (χ1v) is 9.59. The maximum absolute atomic E-state index is 12.3. The number of methoxy groups -OCH3 is 1. The third kappa shape index (κ3) is 4.53. The number of carbonyl (C=O) groups excluding carboxylic acids is 1. The zero-order chi connectivity index (χ0) is 19.4. The molecule has 2 aromatic carbocycles. The zero-order valence-corrected chi connectivity index (χ0v) is 16.9. The van der Waals surface area contributed by atoms with Gasteiger partial charge in [-0.3, -0.25) is 9.69 Å². The summed E-state index contributed by atoms with van der Waals surface area (Å²) in [7, 11) is 1.56. The first-order valence-electron chi connectivity index (χ1n) is 7.95. The molecule has 0 fully saturated rings. The van der Waals surface area contributed by atoms with E-state index in [-0.39, 0.29) is 12.5 Å². The number of hydrogen-bond donors (Lipinski definition) is 0. The van der Waals surface area contributed by atoms with Crippen LogP contribution in [0.2, 0.25) is 10.0 Å². The second-order valence-electron chi connectivity index (χ2n) is 5.51. The van der Waals surface area contributed by atoms with E-state index in [4.69, 9.17) is 32.7 Å². The molecule has 27 heavy (non-hydrogen) atoms. The van der Waals surface area contributed by atoms with Crippen molar-refractivity contribution in [1.82, 2.24) is 4.98 Å². The Labute approximate surface area is 171 Å². The van der Waals surface area contributed by atoms with Crippen molar-refractivity contribution >= 4 is 51.3 Å². The van der Waals surface area contributed by atoms with Crippen molar-refractivity contribution in [3.05, 3.63) is 63.6 Å². The Morgan fingerprint density at radius 3 is 2.70 bits per heavy atom. The molecule has 0 saturated heterocycles. The lowest BCUT2D eigenvalue weighted by Crippen LogP contribution is -2.23. The summed E-state index contributed by atoms with van der Waals surface area (Å²) in [6.45, 7) is 1.68. The van der Waals surface area contributed by atoms with Crippen LogP contribution in [0.5, 0.6) is 11.5 Å². The van der Waals surface area contributed by atoms with Gasteiger partial charge in [0.25, 0.3) is 0 Å². The van der Waals surface area contributed by atoms with Crippen LogP contribution in [0.4, 0.5) is 10.8 Å². The summed E-state index contributed by atoms with van der Waals surface area (Å²) in [5.41, 5.74) is 1.30. The number of amides is 1. The molecule has 0 N–H and O–H groups in total. The van der Waals surface area contributed by atoms with Crippen LogP contribution < -0.4 is 14.4 Å². The third-order valence-corrected chi connectivity index (χ3v) is 5.06. The number of aromatic nitrogens is 1. The van der Waals surface area contributed by atoms with E-state index in [2.05, 4.69) is 4.98 Å². The fourth-order valence-corrected chi connectivity index (χ4v) is 3.63. The first kappa shape index (κ1) is 19.5. The summed E-state index contributed by atoms with van der Waals surface area (Å²) in [5.74, 6) is 0.900. The standard InChI is InChI=1S/C19H16Cl2N2O3S/c1-12(24)23(16-5-3-4-6-17(16)25-2)19-22-14(11-27-19)10-26-18-9-13(20)7-8-15(18)21/h3-9,11H,10H2,1-2H3. The smallest absolute Gasteiger partial charge is 0.230 e. The molecule has 0 aliphatic rings. The van der Waals surface area contributed by atoms with E-state index in [0.29, 0.717) is 38.1 Å². The van der Waals surface area contributed by atoms with Gasteiger partial charge in [0, 0.05) is 23.4 Å². The van der Waals surface area contributed by atoms with E-state index in [9.17, 15) is 4.79 Å². The van der Waals surface area contributed by atoms with Crippen LogP contribution in [-0.2, 0) is 11.4 Å². The number of benzene rings is 2. The van der Waals surface area contributed by atoms with E-state index >= 15 is 0 Å². The van der Waals surface area contributed by atoms with E-state index in [1.165, 1.54) is 23.2 Å². The summed E-state index contributed by atoms with van der Waals surface area (Å²) in [5, 5.41) is 3.36. The Kier molecular flexibility index (Phi) is 6.21. The highest BCUT2D eigenvalue weighted by atomic mass is 35.5. The van der Waals surface area contributed by atoms with E-state index in [0.717, 1.165) is 0 Å². The first-order chi connectivity index (χ1) is 13.0. The van der Waals surface area contributed by atoms with Crippen molar-refractivity contribution in [3.63, 3.8) is 0 Å². The van der Waals surface area contributed by atoms with Crippen LogP contribution in [0.3, 0.4) is 0 Å². The number of rotatable bonds is 6. The lowest BCUT2D eigenvalue weighted by Gasteiger charge is -2.20. The maximum Gasteiger partial charge on any atom is 0.230 e. The Morgan fingerprint density at radius 2 is 1.96 bits per heavy atom. The summed E-state index contributed by atoms with van der Waals surface area (Å²) < 4.78 is 11.1. The normalized spacial score (nSPS) is 10.5. The van der Waals surface area contributed by atoms with Gasteiger partial charge < -0.3 is 9.47 Å². The molecule has 1 amide bonds. The average molecular weight is 423 g/mol. The van der Waals surface area contributed by atoms with Gasteiger partial charge in [-0.2, -0.15) is 0 Å². The number of para-hydroxylation sites is 2. The van der Waals surface area contributed by atoms with Crippen molar-refractivity contribution in [2.45, 2.75) is 13.5 Å². The molecular formula is C19H16Cl2N2O3S. The second-order valence-corrected chi connectivity index (χ2v) is 7.19. The van der Waals surface area contributed by atoms with Crippen LogP contribution in [0.1, 0.15) is 12.6 Å². The summed E-state index contributed by atoms with van der Waals surface area (Å²) >= 11 is 13.4. The van der Waals surface area contributed by atoms with Crippen LogP contribution in [0.15, 0.2) is 47.8 Å². The van der Waals surface area contributed by atoms with Crippen LogP contribution in [-0.4, -0.2) is 18.0 Å². The fourth-order valence-electron chi connectivity index (χ4n) is 2.43. The quantitative estimate of drug-likeness (QED) is 0.509. The van der Waals surface area contributed by atoms with Gasteiger partial charge >= 0.3 is 0 Å². The van der Waals surface area contributed by atoms with E-state index < -0.39 is 0 Å². The van der Waals surface area contributed by atoms with Crippen LogP contribution in [0.25, 0.3) is 0 Å². The van der Waals surface area contributed by atoms with Gasteiger partial charge in [-0.15, -0.1) is 11.3 Å². The van der Waals surface area contributed by atoms with Gasteiger partial charge in [0.2, 0.25) is 5.91 Å². The van der Waals surface area contributed by atoms with Crippen molar-refractivity contribution in [2.24, 2.45) is 0 Å². The number of halogens is 2. The minimum Gasteiger partial charge on any atom is -0.495 e. The third-order valence-electron chi connectivity index (χ3n) is 3.64. The average Bonchev–Trinajstić information content (AvgIpc) is 3.11. The monoisotopic (exact) mass is 422 g/mol. The molecule has 0 aliphatic heterocycles. The zero-order valence-electron chi connectivity index (χ0n) is 14.6. The minimum atomic E-state index is -0.167. The van der Waals surface area contributed by atoms with Crippen LogP contribution in [0, 0.1) is 0 Å². The molecule has 0 spiro atoms. The summed E-state index contributed by atoms with van der Waals surface area (Å²) in [4.78, 5) is 18.3. The molecule has 8 heteroatoms. The van der Waals surface area contributed by atoms with Gasteiger partial charge in [0.15, 0.2) is 5.13 Å². The predicted molar refractivity (Wildman–Crippen MR) is 109 cm³/mol. The molecule has 0 unspecified atom stereocenters. The second kappa shape index (κ2) is 8.61. The van der Waals surface area contributed by atoms with Crippen molar-refractivity contribution in [3.8, 4) is 11.5 Å². The Morgan fingerprint density at radius 1 is 1.19 bits per heavy atom. The van der Waals surface area contributed by atoms with Crippen molar-refractivity contribution in [1.29, 1.82) is 0 Å². The highest BCUT2D eigenvalue weighted by Crippen LogP contribution is 2.35. The molecule has 5 nitrogen and oxygen atoms in total. The molecule has 0 bridgehead atoms. The van der Waals surface area contributed by atoms with Gasteiger partial charge in [-0.1, -0.05) is 35.3 Å². The predicted octanol–water partition coefficient (Wildman–Crippen LogP) is 5.72. The Bertz CT molecular complexity index is 962. The molecule has 3 rings (SSSR count). The number of carbonyl (C=O) groups is 1. The number of ether oxygens (including phenoxy) is 2. The van der Waals surface area contributed by atoms with Gasteiger partial charge in [0.1, 0.15) is 18.1 Å². The molecule has 0 aliphatic carbocycles. The Balaban J connectivity index is 1.82. The van der Waals surface area contributed by atoms with E-state index in [1.807, 2.05) is 23.6 Å². The van der Waals surface area contributed by atoms with Gasteiger partial charge in [-0.05, 0) is 24.3 Å². The summed E-state index contributed by atoms with van der Waals surface area (Å²) in [6, 6.07) is 12.3. The molecule has 0 radical (unpaired) electrons. The SMILES string of the molecule is COc1ccccc1N(C(C)=O)c1nc(COc2cc(Cl)ccc2Cl)cs1. The minimum absolute atomic E-state index is 0.167. The molecule has 1 heterocycles. The highest BCUT2D eigenvalue weighted by Gasteiger charge is 2.21. The lowest BCUT2D eigenvalue weighted by atomic mass is 10.2. The summed E-state index contributed by atoms with van der Waals surface area (Å²) in [6.07, 6.45) is 0. The van der Waals surface area contributed by atoms with Crippen LogP contribution >= 0.6 is 34.5 Å². The molecule has 3 aromatic rings. The molecule has 0 atom stereocenters. The topological polar surface area (TPSA) is 51.7 Å². The van der Waals surface area contributed by atoms with Gasteiger partial charge in [-0.25, -0.2) is 4.98 Å². The number of nitrogens with zero attached hydrogens (tertiary/aromatic N) is 2. The molecule has 140 valence electrons. The molecule has 1 aromatic heterocycles. The number of anilines is 2. The number of thiazole rings is 1.